The van der Waals surface area contributed by atoms with Gasteiger partial charge >= 0.3 is 5.51 Å². The lowest BCUT2D eigenvalue weighted by atomic mass is 10.2. The van der Waals surface area contributed by atoms with E-state index in [0.717, 1.165) is 12.1 Å². The van der Waals surface area contributed by atoms with E-state index in [1.165, 1.54) is 6.07 Å². The van der Waals surface area contributed by atoms with Crippen LogP contribution in [0.1, 0.15) is 5.56 Å². The summed E-state index contributed by atoms with van der Waals surface area (Å²) in [5.41, 5.74) is -4.99. The molecule has 1 aromatic carbocycles. The highest BCUT2D eigenvalue weighted by Gasteiger charge is 2.31. The lowest BCUT2D eigenvalue weighted by molar-refractivity contribution is -0.0328. The maximum atomic E-state index is 12.2. The summed E-state index contributed by atoms with van der Waals surface area (Å²) in [7, 11) is 0.872. The predicted molar refractivity (Wildman–Crippen MR) is 63.8 cm³/mol. The van der Waals surface area contributed by atoms with Crippen molar-refractivity contribution in [2.24, 2.45) is 0 Å². The van der Waals surface area contributed by atoms with Gasteiger partial charge in [-0.2, -0.15) is 18.4 Å². The normalized spacial score (nSPS) is 12.2. The fourth-order valence-electron chi connectivity index (χ4n) is 1.03. The van der Waals surface area contributed by atoms with E-state index in [0.29, 0.717) is 0 Å². The van der Waals surface area contributed by atoms with Crippen molar-refractivity contribution < 1.29 is 21.6 Å². The number of rotatable bonds is 2. The smallest absolute Gasteiger partial charge is 0.207 e. The Kier molecular flexibility index (Phi) is 4.59. The van der Waals surface area contributed by atoms with E-state index in [1.807, 2.05) is 0 Å². The molecule has 0 heterocycles. The molecular weight excluding hydrogens is 379 g/mol. The first-order valence-electron chi connectivity index (χ1n) is 3.98. The van der Waals surface area contributed by atoms with E-state index in [-0.39, 0.29) is 9.37 Å². The minimum Gasteiger partial charge on any atom is -0.207 e. The van der Waals surface area contributed by atoms with Crippen LogP contribution in [0.2, 0.25) is 0 Å². The molecule has 0 saturated carbocycles. The maximum absolute atomic E-state index is 12.2. The van der Waals surface area contributed by atoms with Crippen molar-refractivity contribution >= 4 is 47.4 Å². The van der Waals surface area contributed by atoms with Gasteiger partial charge in [-0.25, -0.2) is 8.42 Å². The van der Waals surface area contributed by atoms with Gasteiger partial charge in [0.1, 0.15) is 11.0 Å². The van der Waals surface area contributed by atoms with Gasteiger partial charge in [-0.05, 0) is 39.8 Å². The van der Waals surface area contributed by atoms with Crippen LogP contribution in [0.5, 0.6) is 0 Å². The van der Waals surface area contributed by atoms with Crippen molar-refractivity contribution in [3.63, 3.8) is 0 Å². The minimum atomic E-state index is -4.55. The molecule has 0 aliphatic rings. The monoisotopic (exact) mass is 379 g/mol. The zero-order valence-electron chi connectivity index (χ0n) is 8.12. The summed E-state index contributed by atoms with van der Waals surface area (Å²) in [4.78, 5) is -0.854. The highest BCUT2D eigenvalue weighted by atomic mass is 79.9. The molecule has 0 aromatic heterocycles. The molecule has 18 heavy (non-hydrogen) atoms. The first-order chi connectivity index (χ1) is 8.04. The highest BCUT2D eigenvalue weighted by Crippen LogP contribution is 2.42. The van der Waals surface area contributed by atoms with Crippen LogP contribution in [0, 0.1) is 11.3 Å². The number of hydrogen-bond acceptors (Lipinski definition) is 4. The van der Waals surface area contributed by atoms with E-state index in [2.05, 4.69) is 15.9 Å². The molecule has 0 spiro atoms. The summed E-state index contributed by atoms with van der Waals surface area (Å²) in [6, 6.07) is 3.18. The fourth-order valence-corrected chi connectivity index (χ4v) is 3.36. The van der Waals surface area contributed by atoms with Gasteiger partial charge in [-0.15, -0.1) is 0 Å². The third kappa shape index (κ3) is 4.05. The highest BCUT2D eigenvalue weighted by molar-refractivity contribution is 9.10. The third-order valence-corrected chi connectivity index (χ3v) is 4.71. The standard InChI is InChI=1S/C8H2BrClF3NO2S2/c9-5-2-7(18(10,15)16)4(3-14)1-6(5)17-8(11,12)13/h1-2H. The molecule has 0 unspecified atom stereocenters. The fraction of sp³-hybridized carbons (Fsp3) is 0.125. The number of hydrogen-bond donors (Lipinski definition) is 0. The van der Waals surface area contributed by atoms with Gasteiger partial charge < -0.3 is 0 Å². The average molecular weight is 381 g/mol. The van der Waals surface area contributed by atoms with Gasteiger partial charge in [-0.3, -0.25) is 0 Å². The maximum Gasteiger partial charge on any atom is 0.446 e. The minimum absolute atomic E-state index is 0.108. The Morgan fingerprint density at radius 3 is 2.33 bits per heavy atom. The molecule has 0 atom stereocenters. The SMILES string of the molecule is N#Cc1cc(SC(F)(F)F)c(Br)cc1S(=O)(=O)Cl. The molecule has 3 nitrogen and oxygen atoms in total. The quantitative estimate of drug-likeness (QED) is 0.577. The number of thioether (sulfide) groups is 1. The first-order valence-corrected chi connectivity index (χ1v) is 7.90. The van der Waals surface area contributed by atoms with E-state index < -0.39 is 36.8 Å². The van der Waals surface area contributed by atoms with E-state index >= 15 is 0 Å². The molecule has 0 fully saturated rings. The molecule has 0 aliphatic carbocycles. The summed E-state index contributed by atoms with van der Waals surface area (Å²) in [6.45, 7) is 0. The van der Waals surface area contributed by atoms with Crippen molar-refractivity contribution in [3.05, 3.63) is 22.2 Å². The van der Waals surface area contributed by atoms with E-state index in [1.54, 1.807) is 0 Å². The molecule has 0 radical (unpaired) electrons. The van der Waals surface area contributed by atoms with Crippen LogP contribution in [0.4, 0.5) is 13.2 Å². The molecule has 0 aliphatic heterocycles. The van der Waals surface area contributed by atoms with Crippen LogP contribution in [0.25, 0.3) is 0 Å². The van der Waals surface area contributed by atoms with Gasteiger partial charge in [0.15, 0.2) is 0 Å². The van der Waals surface area contributed by atoms with Crippen molar-refractivity contribution in [2.75, 3.05) is 0 Å². The molecule has 0 saturated heterocycles. The second-order valence-corrected chi connectivity index (χ2v) is 7.37. The topological polar surface area (TPSA) is 57.9 Å². The Hall–Kier alpha value is -0.430. The van der Waals surface area contributed by atoms with Crippen LogP contribution in [0.3, 0.4) is 0 Å². The van der Waals surface area contributed by atoms with Gasteiger partial charge in [0, 0.05) is 20.1 Å². The van der Waals surface area contributed by atoms with Crippen molar-refractivity contribution in [1.29, 1.82) is 5.26 Å². The summed E-state index contributed by atoms with van der Waals surface area (Å²) in [5.74, 6) is 0. The Morgan fingerprint density at radius 2 is 1.94 bits per heavy atom. The number of nitrogens with zero attached hydrogens (tertiary/aromatic N) is 1. The lowest BCUT2D eigenvalue weighted by Crippen LogP contribution is -2.01. The Labute approximate surface area is 117 Å². The lowest BCUT2D eigenvalue weighted by Gasteiger charge is -2.09. The molecule has 1 rings (SSSR count). The van der Waals surface area contributed by atoms with Crippen molar-refractivity contribution in [3.8, 4) is 6.07 Å². The van der Waals surface area contributed by atoms with Crippen LogP contribution >= 0.6 is 38.4 Å². The van der Waals surface area contributed by atoms with Crippen LogP contribution < -0.4 is 0 Å². The first kappa shape index (κ1) is 15.6. The summed E-state index contributed by atoms with van der Waals surface area (Å²) >= 11 is 2.34. The van der Waals surface area contributed by atoms with Gasteiger partial charge in [0.25, 0.3) is 9.05 Å². The Balaban J connectivity index is 3.43. The number of halogens is 5. The molecule has 10 heteroatoms. The number of nitriles is 1. The van der Waals surface area contributed by atoms with E-state index in [9.17, 15) is 21.6 Å². The number of benzene rings is 1. The van der Waals surface area contributed by atoms with Gasteiger partial charge in [-0.1, -0.05) is 0 Å². The van der Waals surface area contributed by atoms with Crippen molar-refractivity contribution in [1.82, 2.24) is 0 Å². The predicted octanol–water partition coefficient (Wildman–Crippen LogP) is 3.86. The second kappa shape index (κ2) is 5.28. The van der Waals surface area contributed by atoms with E-state index in [4.69, 9.17) is 15.9 Å². The van der Waals surface area contributed by atoms with Crippen LogP contribution in [-0.4, -0.2) is 13.9 Å². The summed E-state index contributed by atoms with van der Waals surface area (Å²) in [6.07, 6.45) is 0. The number of alkyl halides is 3. The zero-order valence-corrected chi connectivity index (χ0v) is 12.1. The van der Waals surface area contributed by atoms with Gasteiger partial charge in [0.2, 0.25) is 0 Å². The molecule has 0 bridgehead atoms. The molecule has 0 N–H and O–H groups in total. The zero-order chi connectivity index (χ0) is 14.1. The Bertz CT molecular complexity index is 624. The molecule has 98 valence electrons. The average Bonchev–Trinajstić information content (AvgIpc) is 2.17. The molecule has 0 amide bonds. The molecular formula is C8H2BrClF3NO2S2. The third-order valence-electron chi connectivity index (χ3n) is 1.64. The van der Waals surface area contributed by atoms with Crippen molar-refractivity contribution in [2.45, 2.75) is 15.3 Å². The van der Waals surface area contributed by atoms with Crippen LogP contribution in [-0.2, 0) is 9.05 Å². The van der Waals surface area contributed by atoms with Gasteiger partial charge in [0.05, 0.1) is 5.56 Å². The van der Waals surface area contributed by atoms with Crippen LogP contribution in [0.15, 0.2) is 26.4 Å². The molecule has 1 aromatic rings. The summed E-state index contributed by atoms with van der Waals surface area (Å²) in [5, 5.41) is 8.72. The Morgan fingerprint density at radius 1 is 1.39 bits per heavy atom. The summed E-state index contributed by atoms with van der Waals surface area (Å²) < 4.78 is 58.8. The largest absolute Gasteiger partial charge is 0.446 e. The second-order valence-electron chi connectivity index (χ2n) is 2.88.